The number of carbonyl (C=O) groups is 1. The van der Waals surface area contributed by atoms with Gasteiger partial charge in [-0.15, -0.1) is 11.3 Å². The number of methoxy groups -OCH3 is 1. The van der Waals surface area contributed by atoms with Gasteiger partial charge in [0.2, 0.25) is 5.91 Å². The van der Waals surface area contributed by atoms with Crippen molar-refractivity contribution in [3.05, 3.63) is 65.2 Å². The molecule has 1 N–H and O–H groups in total. The molecule has 1 unspecified atom stereocenters. The average Bonchev–Trinajstić information content (AvgIpc) is 3.21. The van der Waals surface area contributed by atoms with Crippen molar-refractivity contribution in [3.8, 4) is 22.1 Å². The second-order valence-electron chi connectivity index (χ2n) is 6.41. The summed E-state index contributed by atoms with van der Waals surface area (Å²) in [6.45, 7) is 0.807. The first-order valence-corrected chi connectivity index (χ1v) is 9.68. The molecule has 1 amide bonds. The molecule has 27 heavy (non-hydrogen) atoms. The van der Waals surface area contributed by atoms with E-state index in [1.165, 1.54) is 0 Å². The van der Waals surface area contributed by atoms with E-state index in [4.69, 9.17) is 9.47 Å². The number of thiazole rings is 1. The molecule has 4 rings (SSSR count). The van der Waals surface area contributed by atoms with E-state index in [0.717, 1.165) is 33.3 Å². The molecule has 1 aromatic heterocycles. The van der Waals surface area contributed by atoms with Crippen LogP contribution in [-0.2, 0) is 17.8 Å². The van der Waals surface area contributed by atoms with Gasteiger partial charge in [0.05, 0.1) is 25.3 Å². The van der Waals surface area contributed by atoms with Crippen molar-refractivity contribution in [1.82, 2.24) is 10.3 Å². The van der Waals surface area contributed by atoms with Crippen LogP contribution < -0.4 is 14.8 Å². The molecule has 0 bridgehead atoms. The summed E-state index contributed by atoms with van der Waals surface area (Å²) in [5.41, 5.74) is 2.96. The Bertz CT molecular complexity index is 940. The largest absolute Gasteiger partial charge is 0.497 e. The van der Waals surface area contributed by atoms with E-state index in [-0.39, 0.29) is 11.8 Å². The van der Waals surface area contributed by atoms with Crippen molar-refractivity contribution in [2.45, 2.75) is 13.0 Å². The first-order chi connectivity index (χ1) is 13.2. The van der Waals surface area contributed by atoms with E-state index in [0.29, 0.717) is 19.6 Å². The Kier molecular flexibility index (Phi) is 5.07. The third kappa shape index (κ3) is 3.95. The van der Waals surface area contributed by atoms with Crippen LogP contribution in [0.5, 0.6) is 11.5 Å². The van der Waals surface area contributed by atoms with E-state index >= 15 is 0 Å². The number of carbonyl (C=O) groups excluding carboxylic acids is 1. The Hall–Kier alpha value is -2.86. The molecule has 3 aromatic rings. The topological polar surface area (TPSA) is 60.5 Å². The number of benzene rings is 2. The van der Waals surface area contributed by atoms with Gasteiger partial charge in [-0.25, -0.2) is 4.98 Å². The number of rotatable bonds is 5. The normalized spacial score (nSPS) is 15.5. The second-order valence-corrected chi connectivity index (χ2v) is 7.27. The molecule has 0 aliphatic carbocycles. The van der Waals surface area contributed by atoms with Gasteiger partial charge in [-0.3, -0.25) is 4.79 Å². The number of fused-ring (bicyclic) bond motifs is 1. The zero-order valence-electron chi connectivity index (χ0n) is 15.0. The van der Waals surface area contributed by atoms with Gasteiger partial charge in [-0.2, -0.15) is 0 Å². The summed E-state index contributed by atoms with van der Waals surface area (Å²) in [7, 11) is 1.63. The summed E-state index contributed by atoms with van der Waals surface area (Å²) in [5, 5.41) is 5.93. The molecule has 138 valence electrons. The molecule has 2 aromatic carbocycles. The maximum Gasteiger partial charge on any atom is 0.227 e. The number of nitrogens with zero attached hydrogens (tertiary/aromatic N) is 1. The highest BCUT2D eigenvalue weighted by molar-refractivity contribution is 7.13. The van der Waals surface area contributed by atoms with Gasteiger partial charge in [0.1, 0.15) is 23.1 Å². The molecule has 5 nitrogen and oxygen atoms in total. The predicted octanol–water partition coefficient (Wildman–Crippen LogP) is 3.69. The summed E-state index contributed by atoms with van der Waals surface area (Å²) >= 11 is 1.58. The first kappa shape index (κ1) is 17.5. The highest BCUT2D eigenvalue weighted by atomic mass is 32.1. The second kappa shape index (κ2) is 7.80. The minimum atomic E-state index is -0.211. The lowest BCUT2D eigenvalue weighted by molar-refractivity contribution is -0.126. The van der Waals surface area contributed by atoms with Crippen LogP contribution in [0.3, 0.4) is 0 Å². The zero-order valence-corrected chi connectivity index (χ0v) is 15.8. The van der Waals surface area contributed by atoms with Gasteiger partial charge in [0, 0.05) is 10.9 Å². The molecule has 1 aliphatic heterocycles. The number of nitrogens with one attached hydrogen (secondary N) is 1. The van der Waals surface area contributed by atoms with Crippen LogP contribution in [0.1, 0.15) is 11.3 Å². The van der Waals surface area contributed by atoms with Crippen LogP contribution in [0, 0.1) is 5.92 Å². The van der Waals surface area contributed by atoms with Crippen LogP contribution in [0.25, 0.3) is 10.6 Å². The molecule has 2 heterocycles. The minimum absolute atomic E-state index is 0.0160. The summed E-state index contributed by atoms with van der Waals surface area (Å²) in [6.07, 6.45) is 0.644. The SMILES string of the molecule is COc1ccc2c(c1)CC(C(=O)NCc1csc(-c3ccccc3)n1)CO2. The molecule has 0 radical (unpaired) electrons. The number of amides is 1. The van der Waals surface area contributed by atoms with E-state index in [2.05, 4.69) is 10.3 Å². The molecule has 0 saturated heterocycles. The van der Waals surface area contributed by atoms with E-state index in [9.17, 15) is 4.79 Å². The van der Waals surface area contributed by atoms with Crippen molar-refractivity contribution in [1.29, 1.82) is 0 Å². The van der Waals surface area contributed by atoms with Crippen molar-refractivity contribution in [2.75, 3.05) is 13.7 Å². The minimum Gasteiger partial charge on any atom is -0.497 e. The molecule has 0 saturated carbocycles. The first-order valence-electron chi connectivity index (χ1n) is 8.80. The van der Waals surface area contributed by atoms with Gasteiger partial charge >= 0.3 is 0 Å². The van der Waals surface area contributed by atoms with Gasteiger partial charge in [-0.1, -0.05) is 30.3 Å². The zero-order chi connectivity index (χ0) is 18.6. The molecule has 1 aliphatic rings. The van der Waals surface area contributed by atoms with Crippen LogP contribution in [-0.4, -0.2) is 24.6 Å². The Balaban J connectivity index is 1.37. The molecular formula is C21H20N2O3S. The third-order valence-electron chi connectivity index (χ3n) is 4.56. The Morgan fingerprint density at radius 3 is 2.96 bits per heavy atom. The fraction of sp³-hybridized carbons (Fsp3) is 0.238. The molecule has 1 atom stereocenters. The van der Waals surface area contributed by atoms with Gasteiger partial charge in [0.25, 0.3) is 0 Å². The quantitative estimate of drug-likeness (QED) is 0.733. The summed E-state index contributed by atoms with van der Waals surface area (Å²) in [6, 6.07) is 15.7. The van der Waals surface area contributed by atoms with Gasteiger partial charge in [-0.05, 0) is 30.2 Å². The maximum absolute atomic E-state index is 12.6. The molecular weight excluding hydrogens is 360 g/mol. The average molecular weight is 380 g/mol. The van der Waals surface area contributed by atoms with Crippen LogP contribution in [0.4, 0.5) is 0 Å². The lowest BCUT2D eigenvalue weighted by Crippen LogP contribution is -2.37. The summed E-state index contributed by atoms with van der Waals surface area (Å²) in [5.74, 6) is 1.37. The third-order valence-corrected chi connectivity index (χ3v) is 5.50. The smallest absolute Gasteiger partial charge is 0.227 e. The maximum atomic E-state index is 12.6. The fourth-order valence-electron chi connectivity index (χ4n) is 3.09. The number of ether oxygens (including phenoxy) is 2. The standard InChI is InChI=1S/C21H20N2O3S/c1-25-18-7-8-19-15(10-18)9-16(12-26-19)20(24)22-11-17-13-27-21(23-17)14-5-3-2-4-6-14/h2-8,10,13,16H,9,11-12H2,1H3,(H,22,24). The summed E-state index contributed by atoms with van der Waals surface area (Å²) in [4.78, 5) is 17.2. The molecule has 0 spiro atoms. The lowest BCUT2D eigenvalue weighted by Gasteiger charge is -2.24. The molecule has 6 heteroatoms. The van der Waals surface area contributed by atoms with E-state index < -0.39 is 0 Å². The lowest BCUT2D eigenvalue weighted by atomic mass is 9.96. The Morgan fingerprint density at radius 2 is 2.15 bits per heavy atom. The number of hydrogen-bond donors (Lipinski definition) is 1. The molecule has 0 fully saturated rings. The highest BCUT2D eigenvalue weighted by Crippen LogP contribution is 2.31. The van der Waals surface area contributed by atoms with Crippen LogP contribution in [0.2, 0.25) is 0 Å². The van der Waals surface area contributed by atoms with Crippen molar-refractivity contribution in [3.63, 3.8) is 0 Å². The van der Waals surface area contributed by atoms with Crippen LogP contribution >= 0.6 is 11.3 Å². The number of aromatic nitrogens is 1. The predicted molar refractivity (Wildman–Crippen MR) is 105 cm³/mol. The number of hydrogen-bond acceptors (Lipinski definition) is 5. The van der Waals surface area contributed by atoms with Crippen LogP contribution in [0.15, 0.2) is 53.9 Å². The van der Waals surface area contributed by atoms with Crippen molar-refractivity contribution < 1.29 is 14.3 Å². The Labute approximate surface area is 162 Å². The van der Waals surface area contributed by atoms with E-state index in [1.54, 1.807) is 18.4 Å². The van der Waals surface area contributed by atoms with Crippen molar-refractivity contribution in [2.24, 2.45) is 5.92 Å². The van der Waals surface area contributed by atoms with Gasteiger partial charge < -0.3 is 14.8 Å². The Morgan fingerprint density at radius 1 is 1.30 bits per heavy atom. The fourth-order valence-corrected chi connectivity index (χ4v) is 3.92. The summed E-state index contributed by atoms with van der Waals surface area (Å²) < 4.78 is 11.0. The van der Waals surface area contributed by atoms with Crippen molar-refractivity contribution >= 4 is 17.2 Å². The van der Waals surface area contributed by atoms with Gasteiger partial charge in [0.15, 0.2) is 0 Å². The highest BCUT2D eigenvalue weighted by Gasteiger charge is 2.26. The monoisotopic (exact) mass is 380 g/mol. The van der Waals surface area contributed by atoms with E-state index in [1.807, 2.05) is 53.9 Å².